The van der Waals surface area contributed by atoms with E-state index in [1.165, 1.54) is 0 Å². The molecule has 2 rings (SSSR count). The lowest BCUT2D eigenvalue weighted by molar-refractivity contribution is 0.146. The summed E-state index contributed by atoms with van der Waals surface area (Å²) >= 11 is 0. The van der Waals surface area contributed by atoms with Crippen molar-refractivity contribution in [2.24, 2.45) is 0 Å². The van der Waals surface area contributed by atoms with Gasteiger partial charge in [0.2, 0.25) is 0 Å². The summed E-state index contributed by atoms with van der Waals surface area (Å²) in [5.41, 5.74) is 4.27. The minimum Gasteiger partial charge on any atom is -0.491 e. The van der Waals surface area contributed by atoms with E-state index in [1.807, 2.05) is 31.2 Å². The van der Waals surface area contributed by atoms with E-state index in [1.54, 1.807) is 13.3 Å². The Morgan fingerprint density at radius 2 is 1.79 bits per heavy atom. The molecule has 100 valence electrons. The SMILES string of the molecule is COCCOc1ccc(-c2nncc(C)c2C)cc1. The molecule has 0 atom stereocenters. The second kappa shape index (κ2) is 6.29. The van der Waals surface area contributed by atoms with Crippen LogP contribution in [0.3, 0.4) is 0 Å². The van der Waals surface area contributed by atoms with Gasteiger partial charge in [-0.05, 0) is 49.2 Å². The minimum absolute atomic E-state index is 0.555. The van der Waals surface area contributed by atoms with E-state index in [2.05, 4.69) is 17.1 Å². The first-order chi connectivity index (χ1) is 9.22. The molecule has 4 nitrogen and oxygen atoms in total. The van der Waals surface area contributed by atoms with Gasteiger partial charge < -0.3 is 9.47 Å². The lowest BCUT2D eigenvalue weighted by atomic mass is 10.0. The summed E-state index contributed by atoms with van der Waals surface area (Å²) in [7, 11) is 1.66. The standard InChI is InChI=1S/C15H18N2O2/c1-11-10-16-17-15(12(11)2)13-4-6-14(7-5-13)19-9-8-18-3/h4-7,10H,8-9H2,1-3H3. The fourth-order valence-corrected chi connectivity index (χ4v) is 1.76. The average Bonchev–Trinajstić information content (AvgIpc) is 2.43. The normalized spacial score (nSPS) is 10.5. The summed E-state index contributed by atoms with van der Waals surface area (Å²) in [5.74, 6) is 0.832. The first-order valence-electron chi connectivity index (χ1n) is 6.23. The van der Waals surface area contributed by atoms with Crippen LogP contribution in [0.4, 0.5) is 0 Å². The summed E-state index contributed by atoms with van der Waals surface area (Å²) in [6.45, 7) is 5.24. The fourth-order valence-electron chi connectivity index (χ4n) is 1.76. The summed E-state index contributed by atoms with van der Waals surface area (Å²) in [6, 6.07) is 7.88. The third-order valence-corrected chi connectivity index (χ3v) is 3.04. The van der Waals surface area contributed by atoms with Crippen molar-refractivity contribution in [3.63, 3.8) is 0 Å². The zero-order chi connectivity index (χ0) is 13.7. The smallest absolute Gasteiger partial charge is 0.119 e. The van der Waals surface area contributed by atoms with Gasteiger partial charge in [-0.15, -0.1) is 0 Å². The third kappa shape index (κ3) is 3.29. The van der Waals surface area contributed by atoms with Crippen LogP contribution in [0.2, 0.25) is 0 Å². The quantitative estimate of drug-likeness (QED) is 0.773. The number of aryl methyl sites for hydroxylation is 1. The molecule has 0 unspecified atom stereocenters. The topological polar surface area (TPSA) is 44.2 Å². The van der Waals surface area contributed by atoms with Crippen molar-refractivity contribution in [2.45, 2.75) is 13.8 Å². The summed E-state index contributed by atoms with van der Waals surface area (Å²) in [6.07, 6.45) is 1.78. The first-order valence-corrected chi connectivity index (χ1v) is 6.23. The molecule has 0 aliphatic heterocycles. The van der Waals surface area contributed by atoms with E-state index in [-0.39, 0.29) is 0 Å². The number of rotatable bonds is 5. The van der Waals surface area contributed by atoms with Crippen LogP contribution in [-0.4, -0.2) is 30.5 Å². The number of aromatic nitrogens is 2. The molecule has 0 amide bonds. The number of hydrogen-bond acceptors (Lipinski definition) is 4. The van der Waals surface area contributed by atoms with E-state index >= 15 is 0 Å². The summed E-state index contributed by atoms with van der Waals surface area (Å²) < 4.78 is 10.5. The van der Waals surface area contributed by atoms with Crippen LogP contribution >= 0.6 is 0 Å². The lowest BCUT2D eigenvalue weighted by Gasteiger charge is -2.08. The summed E-state index contributed by atoms with van der Waals surface area (Å²) in [5, 5.41) is 8.21. The van der Waals surface area contributed by atoms with Crippen LogP contribution < -0.4 is 4.74 Å². The molecule has 0 saturated carbocycles. The predicted octanol–water partition coefficient (Wildman–Crippen LogP) is 2.79. The Morgan fingerprint density at radius 3 is 2.47 bits per heavy atom. The predicted molar refractivity (Wildman–Crippen MR) is 74.3 cm³/mol. The van der Waals surface area contributed by atoms with E-state index in [9.17, 15) is 0 Å². The van der Waals surface area contributed by atoms with Gasteiger partial charge in [0.05, 0.1) is 18.5 Å². The Kier molecular flexibility index (Phi) is 4.47. The number of methoxy groups -OCH3 is 1. The molecule has 1 aromatic carbocycles. The van der Waals surface area contributed by atoms with Gasteiger partial charge in [-0.2, -0.15) is 10.2 Å². The van der Waals surface area contributed by atoms with Crippen LogP contribution in [0.1, 0.15) is 11.1 Å². The van der Waals surface area contributed by atoms with Gasteiger partial charge in [0.1, 0.15) is 12.4 Å². The van der Waals surface area contributed by atoms with Crippen molar-refractivity contribution in [1.29, 1.82) is 0 Å². The van der Waals surface area contributed by atoms with Crippen LogP contribution in [0.5, 0.6) is 5.75 Å². The van der Waals surface area contributed by atoms with Crippen molar-refractivity contribution in [3.05, 3.63) is 41.6 Å². The summed E-state index contributed by atoms with van der Waals surface area (Å²) in [4.78, 5) is 0. The Bertz CT molecular complexity index is 538. The van der Waals surface area contributed by atoms with Gasteiger partial charge in [-0.3, -0.25) is 0 Å². The molecule has 0 radical (unpaired) electrons. The van der Waals surface area contributed by atoms with Gasteiger partial charge in [0.15, 0.2) is 0 Å². The molecule has 19 heavy (non-hydrogen) atoms. The molecule has 0 spiro atoms. The van der Waals surface area contributed by atoms with Gasteiger partial charge in [0.25, 0.3) is 0 Å². The van der Waals surface area contributed by atoms with Gasteiger partial charge >= 0.3 is 0 Å². The zero-order valence-corrected chi connectivity index (χ0v) is 11.5. The Labute approximate surface area is 113 Å². The monoisotopic (exact) mass is 258 g/mol. The molecule has 1 aromatic heterocycles. The first kappa shape index (κ1) is 13.5. The Hall–Kier alpha value is -1.94. The second-order valence-corrected chi connectivity index (χ2v) is 4.37. The van der Waals surface area contributed by atoms with E-state index in [0.717, 1.165) is 28.1 Å². The van der Waals surface area contributed by atoms with Crippen LogP contribution in [0.15, 0.2) is 30.5 Å². The number of benzene rings is 1. The number of nitrogens with zero attached hydrogens (tertiary/aromatic N) is 2. The molecule has 2 aromatic rings. The Balaban J connectivity index is 2.16. The zero-order valence-electron chi connectivity index (χ0n) is 11.5. The molecule has 0 fully saturated rings. The van der Waals surface area contributed by atoms with E-state index in [4.69, 9.17) is 9.47 Å². The molecule has 0 saturated heterocycles. The van der Waals surface area contributed by atoms with Gasteiger partial charge in [-0.1, -0.05) is 0 Å². The van der Waals surface area contributed by atoms with Crippen molar-refractivity contribution < 1.29 is 9.47 Å². The fraction of sp³-hybridized carbons (Fsp3) is 0.333. The maximum atomic E-state index is 5.53. The van der Waals surface area contributed by atoms with Crippen LogP contribution in [0.25, 0.3) is 11.3 Å². The lowest BCUT2D eigenvalue weighted by Crippen LogP contribution is -2.04. The molecular formula is C15H18N2O2. The maximum absolute atomic E-state index is 5.53. The molecule has 0 bridgehead atoms. The number of hydrogen-bond donors (Lipinski definition) is 0. The van der Waals surface area contributed by atoms with E-state index < -0.39 is 0 Å². The maximum Gasteiger partial charge on any atom is 0.119 e. The highest BCUT2D eigenvalue weighted by Gasteiger charge is 2.06. The molecule has 0 aliphatic rings. The van der Waals surface area contributed by atoms with Crippen molar-refractivity contribution in [1.82, 2.24) is 10.2 Å². The molecule has 1 heterocycles. The average molecular weight is 258 g/mol. The highest BCUT2D eigenvalue weighted by molar-refractivity contribution is 5.64. The number of ether oxygens (including phenoxy) is 2. The largest absolute Gasteiger partial charge is 0.491 e. The molecular weight excluding hydrogens is 240 g/mol. The molecule has 0 N–H and O–H groups in total. The van der Waals surface area contributed by atoms with Gasteiger partial charge in [-0.25, -0.2) is 0 Å². The molecule has 0 aliphatic carbocycles. The minimum atomic E-state index is 0.555. The van der Waals surface area contributed by atoms with Crippen LogP contribution in [0, 0.1) is 13.8 Å². The highest BCUT2D eigenvalue weighted by atomic mass is 16.5. The van der Waals surface area contributed by atoms with E-state index in [0.29, 0.717) is 13.2 Å². The third-order valence-electron chi connectivity index (χ3n) is 3.04. The second-order valence-electron chi connectivity index (χ2n) is 4.37. The molecule has 4 heteroatoms. The van der Waals surface area contributed by atoms with Crippen LogP contribution in [-0.2, 0) is 4.74 Å². The highest BCUT2D eigenvalue weighted by Crippen LogP contribution is 2.24. The van der Waals surface area contributed by atoms with Crippen molar-refractivity contribution >= 4 is 0 Å². The van der Waals surface area contributed by atoms with Gasteiger partial charge in [0, 0.05) is 12.7 Å². The van der Waals surface area contributed by atoms with Crippen molar-refractivity contribution in [3.8, 4) is 17.0 Å². The van der Waals surface area contributed by atoms with Crippen molar-refractivity contribution in [2.75, 3.05) is 20.3 Å². The Morgan fingerprint density at radius 1 is 1.05 bits per heavy atom.